The summed E-state index contributed by atoms with van der Waals surface area (Å²) < 4.78 is 41.4. The van der Waals surface area contributed by atoms with Crippen LogP contribution in [0.15, 0.2) is 52.8 Å². The second kappa shape index (κ2) is 11.2. The van der Waals surface area contributed by atoms with Crippen LogP contribution in [0.25, 0.3) is 11.8 Å². The molecule has 8 nitrogen and oxygen atoms in total. The highest BCUT2D eigenvalue weighted by molar-refractivity contribution is 8.14. The van der Waals surface area contributed by atoms with Gasteiger partial charge in [-0.1, -0.05) is 38.1 Å². The van der Waals surface area contributed by atoms with Crippen molar-refractivity contribution in [2.24, 2.45) is 28.1 Å². The largest absolute Gasteiger partial charge is 0.457 e. The summed E-state index contributed by atoms with van der Waals surface area (Å²) in [5, 5.41) is 25.8. The lowest BCUT2D eigenvalue weighted by Gasteiger charge is -2.66. The Hall–Kier alpha value is -3.75. The van der Waals surface area contributed by atoms with Gasteiger partial charge in [-0.05, 0) is 97.6 Å². The Morgan fingerprint density at radius 3 is 2.68 bits per heavy atom. The Morgan fingerprint density at radius 2 is 2.00 bits per heavy atom. The van der Waals surface area contributed by atoms with E-state index in [4.69, 9.17) is 9.15 Å². The van der Waals surface area contributed by atoms with Gasteiger partial charge in [0.05, 0.1) is 41.8 Å². The highest BCUT2D eigenvalue weighted by Crippen LogP contribution is 2.74. The van der Waals surface area contributed by atoms with E-state index in [-0.39, 0.29) is 40.3 Å². The number of fused-ring (bicyclic) bond motifs is 6. The second-order valence-electron chi connectivity index (χ2n) is 14.1. The number of ether oxygens (including phenoxy) is 1. The summed E-state index contributed by atoms with van der Waals surface area (Å²) in [4.78, 5) is 27.5. The summed E-state index contributed by atoms with van der Waals surface area (Å²) in [7, 11) is 0. The number of rotatable bonds is 6. The highest BCUT2D eigenvalue weighted by Gasteiger charge is 2.74. The third kappa shape index (κ3) is 4.51. The molecule has 3 fully saturated rings. The van der Waals surface area contributed by atoms with Crippen molar-refractivity contribution < 1.29 is 32.6 Å². The first-order valence-corrected chi connectivity index (χ1v) is 17.1. The van der Waals surface area contributed by atoms with E-state index >= 15 is 0 Å². The fourth-order valence-electron chi connectivity index (χ4n) is 10.4. The molecule has 0 radical (unpaired) electrons. The van der Waals surface area contributed by atoms with Crippen LogP contribution in [0.4, 0.5) is 8.78 Å². The van der Waals surface area contributed by atoms with E-state index in [1.165, 1.54) is 24.5 Å². The van der Waals surface area contributed by atoms with Crippen molar-refractivity contribution in [3.63, 3.8) is 0 Å². The standard InChI is InChI=1S/C36H37F2N3O5S/c1-4-35-9-7-22-14-26-21(20-40-41(26)25-16-23(37)15-24(38)17-25)18-33(22,2)30(35)27(42)19-34(3)29(35)8-10-36(34,32(44)47-13-11-39)46-31(43)28-6-5-12-45-28/h5-6,12,14-17,20,27,29-30,42H,4,7-10,13,18-19H2,1-3H3/t27-,29+,30+,33-,34-,35-,36-/m0/s1. The number of aromatic nitrogens is 2. The highest BCUT2D eigenvalue weighted by atomic mass is 32.2. The molecule has 2 heterocycles. The number of thioether (sulfide) groups is 1. The van der Waals surface area contributed by atoms with Crippen LogP contribution in [0.2, 0.25) is 0 Å². The van der Waals surface area contributed by atoms with Crippen molar-refractivity contribution in [2.75, 3.05) is 5.75 Å². The number of nitriles is 1. The molecule has 4 aliphatic carbocycles. The van der Waals surface area contributed by atoms with Gasteiger partial charge >= 0.3 is 5.97 Å². The maximum Gasteiger partial charge on any atom is 0.375 e. The molecule has 11 heteroatoms. The third-order valence-corrected chi connectivity index (χ3v) is 13.0. The molecule has 4 aliphatic rings. The zero-order valence-electron chi connectivity index (χ0n) is 26.6. The molecule has 2 aromatic heterocycles. The fraction of sp³-hybridized carbons (Fsp3) is 0.500. The van der Waals surface area contributed by atoms with Gasteiger partial charge in [0.25, 0.3) is 0 Å². The Kier molecular flexibility index (Phi) is 7.56. The van der Waals surface area contributed by atoms with E-state index < -0.39 is 40.1 Å². The summed E-state index contributed by atoms with van der Waals surface area (Å²) in [5.74, 6) is -2.39. The summed E-state index contributed by atoms with van der Waals surface area (Å²) >= 11 is 0.860. The molecule has 7 rings (SSSR count). The maximum atomic E-state index is 14.1. The predicted molar refractivity (Wildman–Crippen MR) is 170 cm³/mol. The molecule has 3 saturated carbocycles. The molecule has 0 unspecified atom stereocenters. The van der Waals surface area contributed by atoms with Crippen LogP contribution in [-0.4, -0.2) is 43.4 Å². The average Bonchev–Trinajstić information content (AvgIpc) is 3.76. The smallest absolute Gasteiger partial charge is 0.375 e. The molecular weight excluding hydrogens is 624 g/mol. The molecule has 47 heavy (non-hydrogen) atoms. The van der Waals surface area contributed by atoms with Crippen LogP contribution >= 0.6 is 11.8 Å². The van der Waals surface area contributed by atoms with Gasteiger partial charge in [-0.15, -0.1) is 0 Å². The number of hydrogen-bond donors (Lipinski definition) is 1. The van der Waals surface area contributed by atoms with E-state index in [1.54, 1.807) is 16.9 Å². The molecule has 0 amide bonds. The molecule has 0 bridgehead atoms. The van der Waals surface area contributed by atoms with Crippen molar-refractivity contribution in [2.45, 2.75) is 77.4 Å². The lowest BCUT2D eigenvalue weighted by Crippen LogP contribution is -2.66. The number of esters is 1. The van der Waals surface area contributed by atoms with Gasteiger partial charge in [0.1, 0.15) is 11.6 Å². The maximum absolute atomic E-state index is 14.1. The quantitative estimate of drug-likeness (QED) is 0.279. The van der Waals surface area contributed by atoms with Gasteiger partial charge in [-0.25, -0.2) is 18.3 Å². The monoisotopic (exact) mass is 661 g/mol. The number of carbonyl (C=O) groups excluding carboxylic acids is 2. The van der Waals surface area contributed by atoms with E-state index in [2.05, 4.69) is 25.0 Å². The first-order valence-electron chi connectivity index (χ1n) is 16.2. The molecule has 3 aromatic rings. The number of halogens is 2. The molecule has 7 atom stereocenters. The summed E-state index contributed by atoms with van der Waals surface area (Å²) in [6.07, 6.45) is 8.38. The first-order chi connectivity index (χ1) is 22.4. The first kappa shape index (κ1) is 31.8. The van der Waals surface area contributed by atoms with Gasteiger partial charge in [0, 0.05) is 17.4 Å². The van der Waals surface area contributed by atoms with Crippen molar-refractivity contribution in [3.05, 3.63) is 77.0 Å². The third-order valence-electron chi connectivity index (χ3n) is 12.2. The zero-order valence-corrected chi connectivity index (χ0v) is 27.4. The number of allylic oxidation sites excluding steroid dienone is 1. The van der Waals surface area contributed by atoms with E-state index in [0.717, 1.165) is 53.9 Å². The lowest BCUT2D eigenvalue weighted by atomic mass is 9.39. The van der Waals surface area contributed by atoms with Gasteiger partial charge in [-0.3, -0.25) is 4.79 Å². The minimum absolute atomic E-state index is 0.00607. The Labute approximate surface area is 276 Å². The number of furan rings is 1. The lowest BCUT2D eigenvalue weighted by molar-refractivity contribution is -0.209. The van der Waals surface area contributed by atoms with Crippen molar-refractivity contribution >= 4 is 28.9 Å². The number of hydrogen-bond acceptors (Lipinski definition) is 8. The fourth-order valence-corrected chi connectivity index (χ4v) is 11.2. The predicted octanol–water partition coefficient (Wildman–Crippen LogP) is 7.06. The number of aliphatic hydroxyl groups excluding tert-OH is 1. The zero-order chi connectivity index (χ0) is 33.4. The average molecular weight is 662 g/mol. The Bertz CT molecular complexity index is 1810. The van der Waals surface area contributed by atoms with Crippen molar-refractivity contribution in [1.29, 1.82) is 5.26 Å². The number of carbonyl (C=O) groups is 2. The van der Waals surface area contributed by atoms with Crippen LogP contribution in [0.3, 0.4) is 0 Å². The van der Waals surface area contributed by atoms with Crippen LogP contribution in [0.1, 0.15) is 81.1 Å². The number of aliphatic hydroxyl groups is 1. The van der Waals surface area contributed by atoms with Crippen LogP contribution in [0.5, 0.6) is 0 Å². The number of nitrogens with zero attached hydrogens (tertiary/aromatic N) is 3. The van der Waals surface area contributed by atoms with Gasteiger partial charge < -0.3 is 14.3 Å². The van der Waals surface area contributed by atoms with E-state index in [9.17, 15) is 28.7 Å². The molecule has 246 valence electrons. The van der Waals surface area contributed by atoms with Crippen molar-refractivity contribution in [1.82, 2.24) is 9.78 Å². The molecule has 1 aromatic carbocycles. The van der Waals surface area contributed by atoms with Crippen LogP contribution < -0.4 is 0 Å². The summed E-state index contributed by atoms with van der Waals surface area (Å²) in [5.41, 5.74) is -0.0814. The molecule has 0 saturated heterocycles. The Balaban J connectivity index is 1.29. The van der Waals surface area contributed by atoms with Crippen molar-refractivity contribution in [3.8, 4) is 11.8 Å². The molecule has 0 spiro atoms. The van der Waals surface area contributed by atoms with E-state index in [0.29, 0.717) is 24.9 Å². The minimum atomic E-state index is -1.55. The van der Waals surface area contributed by atoms with E-state index in [1.807, 2.05) is 13.0 Å². The van der Waals surface area contributed by atoms with Crippen LogP contribution in [-0.2, 0) is 16.0 Å². The SMILES string of the molecule is CC[C@@]12CCC3=Cc4c(cnn4-c4cc(F)cc(F)c4)C[C@]3(C)[C@H]1[C@@H](O)C[C@@]1(C)[C@H]2CC[C@]1(OC(=O)c1ccco1)C(=O)SCC#N. The van der Waals surface area contributed by atoms with Gasteiger partial charge in [0.15, 0.2) is 5.60 Å². The number of benzene rings is 1. The topological polar surface area (TPSA) is 118 Å². The minimum Gasteiger partial charge on any atom is -0.457 e. The summed E-state index contributed by atoms with van der Waals surface area (Å²) in [6, 6.07) is 8.46. The molecule has 1 N–H and O–H groups in total. The normalized spacial score (nSPS) is 33.9. The summed E-state index contributed by atoms with van der Waals surface area (Å²) in [6.45, 7) is 6.33. The van der Waals surface area contributed by atoms with Crippen LogP contribution in [0, 0.1) is 51.0 Å². The van der Waals surface area contributed by atoms with Gasteiger partial charge in [0.2, 0.25) is 10.9 Å². The molecule has 0 aliphatic heterocycles. The second-order valence-corrected chi connectivity index (χ2v) is 15.1. The molecular formula is C36H37F2N3O5S. The van der Waals surface area contributed by atoms with Gasteiger partial charge in [-0.2, -0.15) is 10.4 Å². The Morgan fingerprint density at radius 1 is 1.23 bits per heavy atom.